The first-order chi connectivity index (χ1) is 7.52. The van der Waals surface area contributed by atoms with Crippen molar-refractivity contribution in [2.75, 3.05) is 18.1 Å². The van der Waals surface area contributed by atoms with Crippen LogP contribution in [-0.2, 0) is 9.84 Å². The van der Waals surface area contributed by atoms with Crippen LogP contribution in [0.4, 0.5) is 0 Å². The Morgan fingerprint density at radius 2 is 1.81 bits per heavy atom. The molecule has 0 aliphatic carbocycles. The molecule has 0 bridgehead atoms. The van der Waals surface area contributed by atoms with Gasteiger partial charge in [0.1, 0.15) is 9.84 Å². The van der Waals surface area contributed by atoms with Crippen molar-refractivity contribution in [2.24, 2.45) is 0 Å². The third-order valence-corrected chi connectivity index (χ3v) is 4.57. The molecule has 0 radical (unpaired) electrons. The molecule has 0 rings (SSSR count). The first kappa shape index (κ1) is 15.9. The van der Waals surface area contributed by atoms with E-state index < -0.39 is 9.84 Å². The maximum Gasteiger partial charge on any atom is 0.150 e. The first-order valence-electron chi connectivity index (χ1n) is 6.45. The second-order valence-electron chi connectivity index (χ2n) is 4.44. The van der Waals surface area contributed by atoms with Crippen LogP contribution in [0.15, 0.2) is 0 Å². The summed E-state index contributed by atoms with van der Waals surface area (Å²) >= 11 is 0. The molecule has 1 N–H and O–H groups in total. The van der Waals surface area contributed by atoms with Gasteiger partial charge in [-0.15, -0.1) is 0 Å². The highest BCUT2D eigenvalue weighted by Crippen LogP contribution is 2.05. The van der Waals surface area contributed by atoms with Gasteiger partial charge in [-0.25, -0.2) is 8.42 Å². The van der Waals surface area contributed by atoms with Gasteiger partial charge in [0.05, 0.1) is 5.75 Å². The number of hydrogen-bond donors (Lipinski definition) is 1. The summed E-state index contributed by atoms with van der Waals surface area (Å²) < 4.78 is 22.5. The molecule has 0 amide bonds. The first-order valence-corrected chi connectivity index (χ1v) is 8.27. The van der Waals surface area contributed by atoms with Crippen LogP contribution in [0.5, 0.6) is 0 Å². The van der Waals surface area contributed by atoms with E-state index in [9.17, 15) is 8.42 Å². The average molecular weight is 249 g/mol. The van der Waals surface area contributed by atoms with E-state index in [-0.39, 0.29) is 5.75 Å². The SMILES string of the molecule is CCCNC(C)CCCCCS(=O)(=O)CC. The summed E-state index contributed by atoms with van der Waals surface area (Å²) in [5.41, 5.74) is 0. The molecule has 0 fully saturated rings. The Kier molecular flexibility index (Phi) is 8.94. The standard InChI is InChI=1S/C12H27NO2S/c1-4-10-13-12(3)9-7-6-8-11-16(14,15)5-2/h12-13H,4-11H2,1-3H3. The van der Waals surface area contributed by atoms with Crippen LogP contribution in [0.25, 0.3) is 0 Å². The predicted molar refractivity (Wildman–Crippen MR) is 70.6 cm³/mol. The van der Waals surface area contributed by atoms with Crippen LogP contribution >= 0.6 is 0 Å². The molecule has 4 heteroatoms. The molecule has 3 nitrogen and oxygen atoms in total. The lowest BCUT2D eigenvalue weighted by atomic mass is 10.1. The summed E-state index contributed by atoms with van der Waals surface area (Å²) in [5.74, 6) is 0.641. The molecular weight excluding hydrogens is 222 g/mol. The van der Waals surface area contributed by atoms with Crippen LogP contribution in [-0.4, -0.2) is 32.5 Å². The highest BCUT2D eigenvalue weighted by molar-refractivity contribution is 7.91. The molecule has 16 heavy (non-hydrogen) atoms. The van der Waals surface area contributed by atoms with Crippen molar-refractivity contribution in [1.29, 1.82) is 0 Å². The number of unbranched alkanes of at least 4 members (excludes halogenated alkanes) is 2. The van der Waals surface area contributed by atoms with Gasteiger partial charge < -0.3 is 5.32 Å². The van der Waals surface area contributed by atoms with Gasteiger partial charge in [-0.2, -0.15) is 0 Å². The molecule has 0 aromatic rings. The summed E-state index contributed by atoms with van der Waals surface area (Å²) in [4.78, 5) is 0. The van der Waals surface area contributed by atoms with Gasteiger partial charge in [0, 0.05) is 11.8 Å². The number of rotatable bonds is 10. The van der Waals surface area contributed by atoms with Crippen molar-refractivity contribution in [3.63, 3.8) is 0 Å². The van der Waals surface area contributed by atoms with E-state index >= 15 is 0 Å². The molecule has 0 aromatic heterocycles. The lowest BCUT2D eigenvalue weighted by Gasteiger charge is -2.12. The molecule has 0 saturated carbocycles. The number of hydrogen-bond acceptors (Lipinski definition) is 3. The zero-order chi connectivity index (χ0) is 12.4. The zero-order valence-electron chi connectivity index (χ0n) is 11.0. The van der Waals surface area contributed by atoms with Crippen molar-refractivity contribution in [3.8, 4) is 0 Å². The Morgan fingerprint density at radius 3 is 2.38 bits per heavy atom. The van der Waals surface area contributed by atoms with Crippen molar-refractivity contribution in [1.82, 2.24) is 5.32 Å². The third-order valence-electron chi connectivity index (χ3n) is 2.78. The molecule has 98 valence electrons. The fraction of sp³-hybridized carbons (Fsp3) is 1.00. The van der Waals surface area contributed by atoms with E-state index in [0.29, 0.717) is 11.8 Å². The summed E-state index contributed by atoms with van der Waals surface area (Å²) in [6.07, 6.45) is 5.27. The Hall–Kier alpha value is -0.0900. The molecule has 0 aliphatic rings. The van der Waals surface area contributed by atoms with E-state index in [0.717, 1.165) is 32.2 Å². The Balaban J connectivity index is 3.40. The van der Waals surface area contributed by atoms with Crippen LogP contribution in [0.2, 0.25) is 0 Å². The molecule has 1 atom stereocenters. The maximum atomic E-state index is 11.2. The summed E-state index contributed by atoms with van der Waals surface area (Å²) in [6, 6.07) is 0.558. The monoisotopic (exact) mass is 249 g/mol. The van der Waals surface area contributed by atoms with Gasteiger partial charge in [-0.05, 0) is 32.7 Å². The molecule has 0 saturated heterocycles. The Labute approximate surface area is 101 Å². The molecular formula is C12H27NO2S. The summed E-state index contributed by atoms with van der Waals surface area (Å²) in [5, 5.41) is 3.43. The van der Waals surface area contributed by atoms with Crippen molar-refractivity contribution < 1.29 is 8.42 Å². The second-order valence-corrected chi connectivity index (χ2v) is 6.91. The minimum atomic E-state index is -2.75. The van der Waals surface area contributed by atoms with E-state index in [1.807, 2.05) is 0 Å². The van der Waals surface area contributed by atoms with E-state index in [4.69, 9.17) is 0 Å². The number of sulfone groups is 1. The smallest absolute Gasteiger partial charge is 0.150 e. The summed E-state index contributed by atoms with van der Waals surface area (Å²) in [7, 11) is -2.75. The molecule has 0 aromatic carbocycles. The zero-order valence-corrected chi connectivity index (χ0v) is 11.8. The Bertz CT molecular complexity index is 250. The fourth-order valence-electron chi connectivity index (χ4n) is 1.59. The Morgan fingerprint density at radius 1 is 1.12 bits per heavy atom. The molecule has 0 aliphatic heterocycles. The van der Waals surface area contributed by atoms with Gasteiger partial charge in [-0.1, -0.05) is 26.7 Å². The van der Waals surface area contributed by atoms with E-state index in [1.54, 1.807) is 6.92 Å². The lowest BCUT2D eigenvalue weighted by molar-refractivity contribution is 0.487. The van der Waals surface area contributed by atoms with Gasteiger partial charge in [0.2, 0.25) is 0 Å². The quantitative estimate of drug-likeness (QED) is 0.605. The minimum absolute atomic E-state index is 0.279. The van der Waals surface area contributed by atoms with Crippen LogP contribution in [0.1, 0.15) is 52.9 Å². The predicted octanol–water partition coefficient (Wildman–Crippen LogP) is 2.37. The molecule has 0 spiro atoms. The third kappa shape index (κ3) is 9.16. The minimum Gasteiger partial charge on any atom is -0.314 e. The van der Waals surface area contributed by atoms with Crippen LogP contribution in [0, 0.1) is 0 Å². The topological polar surface area (TPSA) is 46.2 Å². The lowest BCUT2D eigenvalue weighted by Crippen LogP contribution is -2.26. The van der Waals surface area contributed by atoms with E-state index in [2.05, 4.69) is 19.2 Å². The van der Waals surface area contributed by atoms with Crippen LogP contribution in [0.3, 0.4) is 0 Å². The van der Waals surface area contributed by atoms with Gasteiger partial charge in [0.15, 0.2) is 0 Å². The van der Waals surface area contributed by atoms with Gasteiger partial charge in [-0.3, -0.25) is 0 Å². The van der Waals surface area contributed by atoms with Crippen molar-refractivity contribution in [3.05, 3.63) is 0 Å². The van der Waals surface area contributed by atoms with Gasteiger partial charge in [0.25, 0.3) is 0 Å². The molecule has 0 heterocycles. The maximum absolute atomic E-state index is 11.2. The normalized spacial score (nSPS) is 13.9. The average Bonchev–Trinajstić information content (AvgIpc) is 2.25. The van der Waals surface area contributed by atoms with E-state index in [1.165, 1.54) is 6.42 Å². The highest BCUT2D eigenvalue weighted by atomic mass is 32.2. The number of nitrogens with one attached hydrogen (secondary N) is 1. The largest absolute Gasteiger partial charge is 0.314 e. The fourth-order valence-corrected chi connectivity index (χ4v) is 2.52. The van der Waals surface area contributed by atoms with Gasteiger partial charge >= 0.3 is 0 Å². The molecule has 1 unspecified atom stereocenters. The van der Waals surface area contributed by atoms with Crippen molar-refractivity contribution in [2.45, 2.75) is 58.9 Å². The van der Waals surface area contributed by atoms with Crippen molar-refractivity contribution >= 4 is 9.84 Å². The summed E-state index contributed by atoms with van der Waals surface area (Å²) in [6.45, 7) is 7.14. The highest BCUT2D eigenvalue weighted by Gasteiger charge is 2.06. The van der Waals surface area contributed by atoms with Crippen LogP contribution < -0.4 is 5.32 Å². The second kappa shape index (κ2) is 8.99.